The Morgan fingerprint density at radius 1 is 1.38 bits per heavy atom. The fourth-order valence-corrected chi connectivity index (χ4v) is 3.84. The maximum atomic E-state index is 12.9. The number of aryl methyl sites for hydroxylation is 1. The van der Waals surface area contributed by atoms with Gasteiger partial charge in [-0.15, -0.1) is 0 Å². The molecule has 0 spiro atoms. The summed E-state index contributed by atoms with van der Waals surface area (Å²) in [5.41, 5.74) is 1.02. The molecule has 2 aliphatic heterocycles. The van der Waals surface area contributed by atoms with Crippen LogP contribution in [0.25, 0.3) is 0 Å². The average Bonchev–Trinajstić information content (AvgIpc) is 3.25. The van der Waals surface area contributed by atoms with Crippen LogP contribution in [0.15, 0.2) is 29.0 Å². The number of hydrogen-bond donors (Lipinski definition) is 0. The molecule has 8 heteroatoms. The van der Waals surface area contributed by atoms with Crippen molar-refractivity contribution in [2.45, 2.75) is 26.3 Å². The second-order valence-electron chi connectivity index (χ2n) is 6.99. The molecule has 2 aromatic rings. The molecule has 26 heavy (non-hydrogen) atoms. The SMILES string of the molecule is Cc1noc(CC(=O)N2C[C@@H]3CCN(Cc4cccnc4)C(=O)[C@@H]3C2)n1. The van der Waals surface area contributed by atoms with Crippen LogP contribution in [0.3, 0.4) is 0 Å². The lowest BCUT2D eigenvalue weighted by atomic mass is 9.88. The molecule has 0 bridgehead atoms. The Kier molecular flexibility index (Phi) is 4.40. The number of amides is 2. The van der Waals surface area contributed by atoms with Crippen molar-refractivity contribution in [2.75, 3.05) is 19.6 Å². The van der Waals surface area contributed by atoms with Crippen LogP contribution in [0, 0.1) is 18.8 Å². The number of hydrogen-bond acceptors (Lipinski definition) is 6. The molecule has 2 aliphatic rings. The molecule has 4 rings (SSSR count). The molecule has 2 fully saturated rings. The highest BCUT2D eigenvalue weighted by molar-refractivity contribution is 5.83. The van der Waals surface area contributed by atoms with Crippen molar-refractivity contribution in [1.29, 1.82) is 0 Å². The number of aromatic nitrogens is 3. The summed E-state index contributed by atoms with van der Waals surface area (Å²) in [5, 5.41) is 3.71. The van der Waals surface area contributed by atoms with Gasteiger partial charge < -0.3 is 14.3 Å². The van der Waals surface area contributed by atoms with Gasteiger partial charge in [-0.2, -0.15) is 4.98 Å². The summed E-state index contributed by atoms with van der Waals surface area (Å²) in [7, 11) is 0. The first kappa shape index (κ1) is 16.7. The topological polar surface area (TPSA) is 92.4 Å². The molecule has 0 saturated carbocycles. The fourth-order valence-electron chi connectivity index (χ4n) is 3.84. The van der Waals surface area contributed by atoms with Crippen molar-refractivity contribution in [1.82, 2.24) is 24.9 Å². The van der Waals surface area contributed by atoms with Gasteiger partial charge in [0.1, 0.15) is 6.42 Å². The Bertz CT molecular complexity index is 806. The fraction of sp³-hybridized carbons (Fsp3) is 0.500. The highest BCUT2D eigenvalue weighted by atomic mass is 16.5. The summed E-state index contributed by atoms with van der Waals surface area (Å²) in [6.07, 6.45) is 4.52. The van der Waals surface area contributed by atoms with Gasteiger partial charge in [-0.25, -0.2) is 0 Å². The Balaban J connectivity index is 1.38. The first-order valence-corrected chi connectivity index (χ1v) is 8.85. The van der Waals surface area contributed by atoms with Crippen LogP contribution in [0.4, 0.5) is 0 Å². The van der Waals surface area contributed by atoms with E-state index >= 15 is 0 Å². The van der Waals surface area contributed by atoms with Gasteiger partial charge in [-0.1, -0.05) is 11.2 Å². The molecular weight excluding hydrogens is 334 g/mol. The summed E-state index contributed by atoms with van der Waals surface area (Å²) in [4.78, 5) is 37.2. The molecule has 0 aliphatic carbocycles. The second kappa shape index (κ2) is 6.86. The minimum Gasteiger partial charge on any atom is -0.341 e. The first-order chi connectivity index (χ1) is 12.6. The monoisotopic (exact) mass is 355 g/mol. The Morgan fingerprint density at radius 2 is 2.27 bits per heavy atom. The Hall–Kier alpha value is -2.77. The maximum Gasteiger partial charge on any atom is 0.236 e. The lowest BCUT2D eigenvalue weighted by Gasteiger charge is -2.33. The van der Waals surface area contributed by atoms with Crippen LogP contribution < -0.4 is 0 Å². The second-order valence-corrected chi connectivity index (χ2v) is 6.99. The molecule has 8 nitrogen and oxygen atoms in total. The van der Waals surface area contributed by atoms with E-state index in [0.29, 0.717) is 31.3 Å². The molecule has 0 aromatic carbocycles. The predicted molar refractivity (Wildman–Crippen MR) is 90.6 cm³/mol. The summed E-state index contributed by atoms with van der Waals surface area (Å²) < 4.78 is 5.03. The van der Waals surface area contributed by atoms with Crippen LogP contribution in [-0.4, -0.2) is 56.4 Å². The van der Waals surface area contributed by atoms with E-state index in [1.54, 1.807) is 24.2 Å². The van der Waals surface area contributed by atoms with Gasteiger partial charge in [0.05, 0.1) is 5.92 Å². The number of carbonyl (C=O) groups excluding carboxylic acids is 2. The van der Waals surface area contributed by atoms with Gasteiger partial charge in [0, 0.05) is 38.6 Å². The average molecular weight is 355 g/mol. The Labute approximate surface area is 151 Å². The standard InChI is InChI=1S/C18H21N5O3/c1-12-20-16(26-21-12)7-17(24)23-10-14-4-6-22(18(25)15(14)11-23)9-13-3-2-5-19-8-13/h2-3,5,8,14-15H,4,6-7,9-11H2,1H3/t14-,15+/m0/s1. The normalized spacial score (nSPS) is 22.6. The number of rotatable bonds is 4. The van der Waals surface area contributed by atoms with Crippen molar-refractivity contribution in [3.05, 3.63) is 41.8 Å². The number of nitrogens with zero attached hydrogens (tertiary/aromatic N) is 5. The van der Waals surface area contributed by atoms with Gasteiger partial charge in [0.15, 0.2) is 5.82 Å². The number of likely N-dealkylation sites (tertiary alicyclic amines) is 2. The zero-order valence-electron chi connectivity index (χ0n) is 14.7. The van der Waals surface area contributed by atoms with Gasteiger partial charge in [-0.3, -0.25) is 14.6 Å². The predicted octanol–water partition coefficient (Wildman–Crippen LogP) is 0.823. The van der Waals surface area contributed by atoms with Crippen LogP contribution in [0.2, 0.25) is 0 Å². The summed E-state index contributed by atoms with van der Waals surface area (Å²) in [6.45, 7) is 4.12. The molecule has 2 atom stereocenters. The van der Waals surface area contributed by atoms with Crippen LogP contribution in [0.1, 0.15) is 23.7 Å². The number of fused-ring (bicyclic) bond motifs is 1. The molecule has 136 valence electrons. The lowest BCUT2D eigenvalue weighted by molar-refractivity contribution is -0.140. The number of carbonyl (C=O) groups is 2. The summed E-state index contributed by atoms with van der Waals surface area (Å²) in [5.74, 6) is 1.04. The maximum absolute atomic E-state index is 12.9. The van der Waals surface area contributed by atoms with Crippen LogP contribution >= 0.6 is 0 Å². The molecule has 0 N–H and O–H groups in total. The highest BCUT2D eigenvalue weighted by Crippen LogP contribution is 2.33. The zero-order valence-corrected chi connectivity index (χ0v) is 14.7. The molecule has 2 amide bonds. The van der Waals surface area contributed by atoms with Crippen molar-refractivity contribution in [3.63, 3.8) is 0 Å². The van der Waals surface area contributed by atoms with E-state index < -0.39 is 0 Å². The van der Waals surface area contributed by atoms with Crippen molar-refractivity contribution < 1.29 is 14.1 Å². The number of pyridine rings is 1. The van der Waals surface area contributed by atoms with Crippen molar-refractivity contribution >= 4 is 11.8 Å². The summed E-state index contributed by atoms with van der Waals surface area (Å²) in [6, 6.07) is 3.85. The molecular formula is C18H21N5O3. The van der Waals surface area contributed by atoms with Crippen LogP contribution in [0.5, 0.6) is 0 Å². The molecule has 2 aromatic heterocycles. The Morgan fingerprint density at radius 3 is 3.00 bits per heavy atom. The van der Waals surface area contributed by atoms with E-state index in [1.165, 1.54) is 0 Å². The largest absolute Gasteiger partial charge is 0.341 e. The molecule has 4 heterocycles. The third-order valence-corrected chi connectivity index (χ3v) is 5.16. The minimum atomic E-state index is -0.117. The van der Waals surface area contributed by atoms with Gasteiger partial charge in [-0.05, 0) is 30.9 Å². The molecule has 0 radical (unpaired) electrons. The third-order valence-electron chi connectivity index (χ3n) is 5.16. The van der Waals surface area contributed by atoms with E-state index in [2.05, 4.69) is 15.1 Å². The molecule has 0 unspecified atom stereocenters. The van der Waals surface area contributed by atoms with Gasteiger partial charge in [0.25, 0.3) is 0 Å². The molecule has 2 saturated heterocycles. The minimum absolute atomic E-state index is 0.0605. The third kappa shape index (κ3) is 3.31. The van der Waals surface area contributed by atoms with E-state index in [4.69, 9.17) is 4.52 Å². The van der Waals surface area contributed by atoms with Gasteiger partial charge >= 0.3 is 0 Å². The lowest BCUT2D eigenvalue weighted by Crippen LogP contribution is -2.44. The zero-order chi connectivity index (χ0) is 18.1. The van der Waals surface area contributed by atoms with E-state index in [0.717, 1.165) is 18.5 Å². The highest BCUT2D eigenvalue weighted by Gasteiger charge is 2.44. The number of piperidine rings is 1. The van der Waals surface area contributed by atoms with E-state index in [1.807, 2.05) is 17.0 Å². The van der Waals surface area contributed by atoms with Crippen molar-refractivity contribution in [2.24, 2.45) is 11.8 Å². The van der Waals surface area contributed by atoms with Gasteiger partial charge in [0.2, 0.25) is 17.7 Å². The smallest absolute Gasteiger partial charge is 0.236 e. The van der Waals surface area contributed by atoms with Crippen molar-refractivity contribution in [3.8, 4) is 0 Å². The van der Waals surface area contributed by atoms with E-state index in [9.17, 15) is 9.59 Å². The summed E-state index contributed by atoms with van der Waals surface area (Å²) >= 11 is 0. The van der Waals surface area contributed by atoms with E-state index in [-0.39, 0.29) is 30.1 Å². The quantitative estimate of drug-likeness (QED) is 0.806. The van der Waals surface area contributed by atoms with Crippen LogP contribution in [-0.2, 0) is 22.6 Å². The first-order valence-electron chi connectivity index (χ1n) is 8.85.